The van der Waals surface area contributed by atoms with Crippen molar-refractivity contribution in [3.8, 4) is 22.9 Å². The van der Waals surface area contributed by atoms with Crippen LogP contribution in [0.5, 0.6) is 11.6 Å². The van der Waals surface area contributed by atoms with Crippen molar-refractivity contribution in [2.75, 3.05) is 20.3 Å². The highest BCUT2D eigenvalue weighted by Crippen LogP contribution is 2.61. The van der Waals surface area contributed by atoms with Crippen molar-refractivity contribution in [3.63, 3.8) is 0 Å². The van der Waals surface area contributed by atoms with Gasteiger partial charge in [-0.15, -0.1) is 5.10 Å². The monoisotopic (exact) mass is 439 g/mol. The predicted octanol–water partition coefficient (Wildman–Crippen LogP) is 4.81. The molecule has 2 heterocycles. The van der Waals surface area contributed by atoms with Crippen molar-refractivity contribution in [2.24, 2.45) is 17.3 Å². The smallest absolute Gasteiger partial charge is 0.312 e. The molecule has 172 valence electrons. The van der Waals surface area contributed by atoms with Crippen molar-refractivity contribution < 1.29 is 19.0 Å². The molecule has 0 N–H and O–H groups in total. The molecular weight excluding hydrogens is 406 g/mol. The summed E-state index contributed by atoms with van der Waals surface area (Å²) in [5, 5.41) is 8.28. The largest absolute Gasteiger partial charge is 0.495 e. The number of nitrogens with zero attached hydrogens (tertiary/aromatic N) is 3. The number of rotatable bonds is 8. The van der Waals surface area contributed by atoms with Gasteiger partial charge in [-0.3, -0.25) is 4.79 Å². The van der Waals surface area contributed by atoms with Crippen LogP contribution in [0.3, 0.4) is 0 Å². The number of hydrogen-bond donors (Lipinski definition) is 0. The Morgan fingerprint density at radius 2 is 2.00 bits per heavy atom. The standard InChI is InChI=1S/C25H33N3O4/c1-5-31-24(29)25(3)13-19(25)23-21(30-4)11-10-20(27-23)18-12-22(28-26-14-18)32-15-17-8-6-16(2)7-9-17/h10-12,14,16-17,19H,5-9,13,15H2,1-4H3/t16-,17-,19-,25+/m0/s1. The molecule has 2 aliphatic carbocycles. The summed E-state index contributed by atoms with van der Waals surface area (Å²) in [7, 11) is 1.62. The Morgan fingerprint density at radius 1 is 1.22 bits per heavy atom. The summed E-state index contributed by atoms with van der Waals surface area (Å²) in [4.78, 5) is 17.3. The van der Waals surface area contributed by atoms with Gasteiger partial charge in [0, 0.05) is 17.5 Å². The van der Waals surface area contributed by atoms with Crippen molar-refractivity contribution >= 4 is 5.97 Å². The molecule has 4 rings (SSSR count). The lowest BCUT2D eigenvalue weighted by Crippen LogP contribution is -2.19. The number of ether oxygens (including phenoxy) is 3. The van der Waals surface area contributed by atoms with E-state index in [-0.39, 0.29) is 11.9 Å². The lowest BCUT2D eigenvalue weighted by Gasteiger charge is -2.25. The van der Waals surface area contributed by atoms with E-state index in [2.05, 4.69) is 17.1 Å². The van der Waals surface area contributed by atoms with E-state index in [4.69, 9.17) is 19.2 Å². The van der Waals surface area contributed by atoms with Gasteiger partial charge in [0.15, 0.2) is 0 Å². The molecule has 2 fully saturated rings. The molecule has 0 amide bonds. The van der Waals surface area contributed by atoms with Crippen LogP contribution in [0.1, 0.15) is 64.5 Å². The highest BCUT2D eigenvalue weighted by Gasteiger charge is 2.59. The summed E-state index contributed by atoms with van der Waals surface area (Å²) in [6.07, 6.45) is 7.33. The Labute approximate surface area is 189 Å². The molecule has 0 spiro atoms. The maximum atomic E-state index is 12.4. The van der Waals surface area contributed by atoms with Crippen LogP contribution < -0.4 is 9.47 Å². The molecule has 2 aliphatic rings. The summed E-state index contributed by atoms with van der Waals surface area (Å²) < 4.78 is 16.8. The first-order valence-electron chi connectivity index (χ1n) is 11.6. The summed E-state index contributed by atoms with van der Waals surface area (Å²) in [6.45, 7) is 7.11. The Morgan fingerprint density at radius 3 is 2.72 bits per heavy atom. The van der Waals surface area contributed by atoms with Crippen LogP contribution in [0.4, 0.5) is 0 Å². The van der Waals surface area contributed by atoms with Crippen LogP contribution in [0.2, 0.25) is 0 Å². The molecule has 2 saturated carbocycles. The Kier molecular flexibility index (Phi) is 6.63. The first-order valence-corrected chi connectivity index (χ1v) is 11.6. The fourth-order valence-electron chi connectivity index (χ4n) is 4.59. The zero-order valence-corrected chi connectivity index (χ0v) is 19.5. The van der Waals surface area contributed by atoms with Gasteiger partial charge in [0.2, 0.25) is 5.88 Å². The maximum absolute atomic E-state index is 12.4. The fraction of sp³-hybridized carbons (Fsp3) is 0.600. The number of carbonyl (C=O) groups is 1. The number of esters is 1. The number of methoxy groups -OCH3 is 1. The number of hydrogen-bond acceptors (Lipinski definition) is 7. The van der Waals surface area contributed by atoms with E-state index < -0.39 is 5.41 Å². The van der Waals surface area contributed by atoms with E-state index in [9.17, 15) is 4.79 Å². The van der Waals surface area contributed by atoms with E-state index in [1.807, 2.05) is 32.0 Å². The predicted molar refractivity (Wildman–Crippen MR) is 121 cm³/mol. The zero-order valence-electron chi connectivity index (χ0n) is 19.5. The Bertz CT molecular complexity index is 958. The SMILES string of the molecule is CCOC(=O)[C@]1(C)C[C@H]1c1nc(-c2cnnc(OC[C@H]3CC[C@H](C)CC3)c2)ccc1OC. The molecule has 32 heavy (non-hydrogen) atoms. The van der Waals surface area contributed by atoms with Gasteiger partial charge in [0.1, 0.15) is 5.75 Å². The molecular formula is C25H33N3O4. The summed E-state index contributed by atoms with van der Waals surface area (Å²) in [5.74, 6) is 2.38. The normalized spacial score (nSPS) is 26.9. The van der Waals surface area contributed by atoms with Crippen molar-refractivity contribution in [3.05, 3.63) is 30.1 Å². The van der Waals surface area contributed by atoms with Gasteiger partial charge in [-0.2, -0.15) is 5.10 Å². The van der Waals surface area contributed by atoms with Crippen molar-refractivity contribution in [1.29, 1.82) is 0 Å². The topological polar surface area (TPSA) is 83.4 Å². The lowest BCUT2D eigenvalue weighted by atomic mass is 9.83. The Balaban J connectivity index is 1.50. The molecule has 7 heteroatoms. The van der Waals surface area contributed by atoms with Gasteiger partial charge in [0.05, 0.1) is 43.3 Å². The zero-order chi connectivity index (χ0) is 22.7. The molecule has 7 nitrogen and oxygen atoms in total. The highest BCUT2D eigenvalue weighted by atomic mass is 16.5. The van der Waals surface area contributed by atoms with Crippen molar-refractivity contribution in [1.82, 2.24) is 15.2 Å². The maximum Gasteiger partial charge on any atom is 0.312 e. The van der Waals surface area contributed by atoms with Gasteiger partial charge in [0.25, 0.3) is 0 Å². The van der Waals surface area contributed by atoms with E-state index in [1.54, 1.807) is 13.3 Å². The van der Waals surface area contributed by atoms with Crippen LogP contribution in [-0.4, -0.2) is 41.5 Å². The molecule has 0 bridgehead atoms. The number of aromatic nitrogens is 3. The van der Waals surface area contributed by atoms with Gasteiger partial charge < -0.3 is 14.2 Å². The van der Waals surface area contributed by atoms with E-state index in [1.165, 1.54) is 25.7 Å². The van der Waals surface area contributed by atoms with E-state index >= 15 is 0 Å². The van der Waals surface area contributed by atoms with Gasteiger partial charge in [-0.05, 0) is 57.1 Å². The Hall–Kier alpha value is -2.70. The van der Waals surface area contributed by atoms with Crippen molar-refractivity contribution in [2.45, 2.75) is 58.8 Å². The first-order chi connectivity index (χ1) is 15.4. The minimum atomic E-state index is -0.558. The third-order valence-electron chi connectivity index (χ3n) is 6.94. The summed E-state index contributed by atoms with van der Waals surface area (Å²) in [6, 6.07) is 5.68. The molecule has 0 radical (unpaired) electrons. The summed E-state index contributed by atoms with van der Waals surface area (Å²) >= 11 is 0. The minimum Gasteiger partial charge on any atom is -0.495 e. The third-order valence-corrected chi connectivity index (χ3v) is 6.94. The van der Waals surface area contributed by atoms with Gasteiger partial charge in [-0.1, -0.05) is 19.8 Å². The van der Waals surface area contributed by atoms with E-state index in [0.29, 0.717) is 37.2 Å². The molecule has 2 aromatic rings. The van der Waals surface area contributed by atoms with Crippen LogP contribution in [0.15, 0.2) is 24.4 Å². The van der Waals surface area contributed by atoms with Gasteiger partial charge in [-0.25, -0.2) is 4.98 Å². The average molecular weight is 440 g/mol. The average Bonchev–Trinajstić information content (AvgIpc) is 3.51. The second kappa shape index (κ2) is 9.43. The summed E-state index contributed by atoms with van der Waals surface area (Å²) in [5.41, 5.74) is 1.80. The molecule has 0 aliphatic heterocycles. The number of carbonyl (C=O) groups excluding carboxylic acids is 1. The molecule has 0 unspecified atom stereocenters. The highest BCUT2D eigenvalue weighted by molar-refractivity contribution is 5.82. The van der Waals surface area contributed by atoms with E-state index in [0.717, 1.165) is 22.9 Å². The van der Waals surface area contributed by atoms with Crippen LogP contribution in [0, 0.1) is 17.3 Å². The molecule has 0 aromatic carbocycles. The fourth-order valence-corrected chi connectivity index (χ4v) is 4.59. The second-order valence-electron chi connectivity index (χ2n) is 9.40. The van der Waals surface area contributed by atoms with Crippen LogP contribution in [-0.2, 0) is 9.53 Å². The lowest BCUT2D eigenvalue weighted by molar-refractivity contribution is -0.149. The van der Waals surface area contributed by atoms with Crippen LogP contribution in [0.25, 0.3) is 11.3 Å². The molecule has 0 saturated heterocycles. The van der Waals surface area contributed by atoms with Crippen LogP contribution >= 0.6 is 0 Å². The third kappa shape index (κ3) is 4.71. The molecule has 2 aromatic heterocycles. The number of pyridine rings is 1. The minimum absolute atomic E-state index is 0.0318. The van der Waals surface area contributed by atoms with Gasteiger partial charge >= 0.3 is 5.97 Å². The molecule has 2 atom stereocenters. The first kappa shape index (κ1) is 22.5. The second-order valence-corrected chi connectivity index (χ2v) is 9.40. The quantitative estimate of drug-likeness (QED) is 0.546.